The Labute approximate surface area is 207 Å². The largest absolute Gasteiger partial charge is 0.490 e. The van der Waals surface area contributed by atoms with Gasteiger partial charge in [-0.15, -0.1) is 0 Å². The summed E-state index contributed by atoms with van der Waals surface area (Å²) in [6.07, 6.45) is 9.18. The second-order valence-corrected chi connectivity index (χ2v) is 8.92. The summed E-state index contributed by atoms with van der Waals surface area (Å²) in [7, 11) is 0. The molecule has 6 nitrogen and oxygen atoms in total. The molecule has 2 aromatic carbocycles. The van der Waals surface area contributed by atoms with Gasteiger partial charge < -0.3 is 18.6 Å². The van der Waals surface area contributed by atoms with Crippen molar-refractivity contribution in [2.45, 2.75) is 78.2 Å². The van der Waals surface area contributed by atoms with E-state index in [9.17, 15) is 9.59 Å². The summed E-state index contributed by atoms with van der Waals surface area (Å²) in [4.78, 5) is 25.6. The molecule has 0 aliphatic rings. The zero-order valence-corrected chi connectivity index (χ0v) is 21.0. The number of carbonyl (C=O) groups excluding carboxylic acids is 1. The van der Waals surface area contributed by atoms with Crippen LogP contribution in [-0.2, 0) is 0 Å². The van der Waals surface area contributed by atoms with Crippen LogP contribution in [-0.4, -0.2) is 18.7 Å². The van der Waals surface area contributed by atoms with Crippen LogP contribution in [0.5, 0.6) is 17.2 Å². The Bertz CT molecular complexity index is 1130. The normalized spacial score (nSPS) is 11.1. The highest BCUT2D eigenvalue weighted by atomic mass is 16.6. The van der Waals surface area contributed by atoms with Gasteiger partial charge in [0, 0.05) is 0 Å². The Balaban J connectivity index is 1.84. The van der Waals surface area contributed by atoms with Crippen molar-refractivity contribution >= 4 is 16.9 Å². The summed E-state index contributed by atoms with van der Waals surface area (Å²) in [6.45, 7) is 6.43. The van der Waals surface area contributed by atoms with Gasteiger partial charge >= 0.3 is 11.6 Å². The number of hydrogen-bond acceptors (Lipinski definition) is 6. The average molecular weight is 481 g/mol. The number of rotatable bonds is 14. The SMILES string of the molecule is CCCCCCCCCCOc1c(OC(=O)c2ccccc2)c(=O)oc2cccc(OC(C)C)c12. The Kier molecular flexibility index (Phi) is 10.2. The number of carbonyl (C=O) groups is 1. The van der Waals surface area contributed by atoms with Crippen LogP contribution in [0.15, 0.2) is 57.7 Å². The third-order valence-electron chi connectivity index (χ3n) is 5.62. The van der Waals surface area contributed by atoms with E-state index >= 15 is 0 Å². The maximum Gasteiger partial charge on any atom is 0.383 e. The molecule has 0 bridgehead atoms. The predicted molar refractivity (Wildman–Crippen MR) is 138 cm³/mol. The molecule has 0 aliphatic carbocycles. The van der Waals surface area contributed by atoms with Crippen molar-refractivity contribution in [3.8, 4) is 17.2 Å². The van der Waals surface area contributed by atoms with Gasteiger partial charge in [0.05, 0.1) is 18.3 Å². The van der Waals surface area contributed by atoms with Crippen molar-refractivity contribution in [1.82, 2.24) is 0 Å². The van der Waals surface area contributed by atoms with Crippen LogP contribution in [0.4, 0.5) is 0 Å². The monoisotopic (exact) mass is 480 g/mol. The lowest BCUT2D eigenvalue weighted by Crippen LogP contribution is -2.17. The molecule has 0 saturated heterocycles. The molecule has 1 aromatic heterocycles. The fourth-order valence-corrected chi connectivity index (χ4v) is 3.89. The summed E-state index contributed by atoms with van der Waals surface area (Å²) in [5, 5.41) is 0.483. The van der Waals surface area contributed by atoms with Crippen LogP contribution < -0.4 is 19.8 Å². The van der Waals surface area contributed by atoms with Gasteiger partial charge in [-0.05, 0) is 44.5 Å². The number of fused-ring (bicyclic) bond motifs is 1. The zero-order chi connectivity index (χ0) is 25.0. The molecule has 0 fully saturated rings. The highest BCUT2D eigenvalue weighted by Gasteiger charge is 2.24. The highest BCUT2D eigenvalue weighted by Crippen LogP contribution is 2.39. The second-order valence-electron chi connectivity index (χ2n) is 8.92. The van der Waals surface area contributed by atoms with Gasteiger partial charge in [0.2, 0.25) is 0 Å². The number of hydrogen-bond donors (Lipinski definition) is 0. The van der Waals surface area contributed by atoms with Crippen molar-refractivity contribution in [3.63, 3.8) is 0 Å². The summed E-state index contributed by atoms with van der Waals surface area (Å²) in [5.74, 6) is -0.230. The van der Waals surface area contributed by atoms with Gasteiger partial charge in [0.1, 0.15) is 16.7 Å². The highest BCUT2D eigenvalue weighted by molar-refractivity contribution is 5.95. The minimum atomic E-state index is -0.769. The third-order valence-corrected chi connectivity index (χ3v) is 5.62. The lowest BCUT2D eigenvalue weighted by atomic mass is 10.1. The Morgan fingerprint density at radius 1 is 0.857 bits per heavy atom. The smallest absolute Gasteiger partial charge is 0.383 e. The quantitative estimate of drug-likeness (QED) is 0.137. The maximum atomic E-state index is 12.8. The number of benzene rings is 2. The van der Waals surface area contributed by atoms with Gasteiger partial charge in [0.15, 0.2) is 5.75 Å². The van der Waals surface area contributed by atoms with Crippen molar-refractivity contribution in [2.75, 3.05) is 6.61 Å². The molecule has 0 N–H and O–H groups in total. The van der Waals surface area contributed by atoms with Crippen LogP contribution in [0.1, 0.15) is 82.5 Å². The molecule has 6 heteroatoms. The van der Waals surface area contributed by atoms with Crippen molar-refractivity contribution < 1.29 is 23.4 Å². The van der Waals surface area contributed by atoms with E-state index < -0.39 is 11.6 Å². The molecule has 0 atom stereocenters. The minimum absolute atomic E-state index is 0.108. The summed E-state index contributed by atoms with van der Waals surface area (Å²) >= 11 is 0. The van der Waals surface area contributed by atoms with E-state index in [2.05, 4.69) is 6.92 Å². The molecular weight excluding hydrogens is 444 g/mol. The van der Waals surface area contributed by atoms with Crippen LogP contribution in [0, 0.1) is 0 Å². The van der Waals surface area contributed by atoms with Gasteiger partial charge in [-0.2, -0.15) is 0 Å². The molecule has 0 amide bonds. The van der Waals surface area contributed by atoms with E-state index in [0.717, 1.165) is 19.3 Å². The van der Waals surface area contributed by atoms with Gasteiger partial charge in [-0.25, -0.2) is 9.59 Å². The fraction of sp³-hybridized carbons (Fsp3) is 0.448. The lowest BCUT2D eigenvalue weighted by molar-refractivity contribution is 0.0721. The van der Waals surface area contributed by atoms with Gasteiger partial charge in [0.25, 0.3) is 5.75 Å². The molecule has 188 valence electrons. The number of esters is 1. The molecule has 0 saturated carbocycles. The van der Waals surface area contributed by atoms with E-state index in [-0.39, 0.29) is 17.6 Å². The number of unbranched alkanes of at least 4 members (excludes halogenated alkanes) is 7. The predicted octanol–water partition coefficient (Wildman–Crippen LogP) is 7.32. The van der Waals surface area contributed by atoms with Crippen molar-refractivity contribution in [1.29, 1.82) is 0 Å². The topological polar surface area (TPSA) is 75.0 Å². The van der Waals surface area contributed by atoms with E-state index in [0.29, 0.717) is 28.9 Å². The standard InChI is InChI=1S/C29H36O6/c1-4-5-6-7-8-9-10-14-20-32-26-25-23(33-21(2)3)18-15-19-24(25)34-29(31)27(26)35-28(30)22-16-12-11-13-17-22/h11-13,15-19,21H,4-10,14,20H2,1-3H3. The Hall–Kier alpha value is -3.28. The molecule has 0 spiro atoms. The van der Waals surface area contributed by atoms with Gasteiger partial charge in [-0.1, -0.05) is 76.1 Å². The molecular formula is C29H36O6. The Morgan fingerprint density at radius 3 is 2.23 bits per heavy atom. The maximum absolute atomic E-state index is 12.8. The van der Waals surface area contributed by atoms with Gasteiger partial charge in [-0.3, -0.25) is 0 Å². The molecule has 35 heavy (non-hydrogen) atoms. The molecule has 1 heterocycles. The number of ether oxygens (including phenoxy) is 3. The first kappa shape index (κ1) is 26.3. The van der Waals surface area contributed by atoms with Crippen LogP contribution in [0.2, 0.25) is 0 Å². The lowest BCUT2D eigenvalue weighted by Gasteiger charge is -2.17. The van der Waals surface area contributed by atoms with Crippen molar-refractivity contribution in [2.24, 2.45) is 0 Å². The molecule has 0 aliphatic heterocycles. The fourth-order valence-electron chi connectivity index (χ4n) is 3.89. The van der Waals surface area contributed by atoms with Crippen molar-refractivity contribution in [3.05, 3.63) is 64.5 Å². The van der Waals surface area contributed by atoms with Crippen LogP contribution in [0.25, 0.3) is 11.0 Å². The first-order valence-corrected chi connectivity index (χ1v) is 12.7. The minimum Gasteiger partial charge on any atom is -0.490 e. The summed E-state index contributed by atoms with van der Waals surface area (Å²) < 4.78 is 23.1. The van der Waals surface area contributed by atoms with Crippen LogP contribution >= 0.6 is 0 Å². The van der Waals surface area contributed by atoms with E-state index in [1.165, 1.54) is 32.1 Å². The second kappa shape index (κ2) is 13.6. The summed E-state index contributed by atoms with van der Waals surface area (Å²) in [6, 6.07) is 13.7. The summed E-state index contributed by atoms with van der Waals surface area (Å²) in [5.41, 5.74) is -0.124. The molecule has 0 unspecified atom stereocenters. The Morgan fingerprint density at radius 2 is 1.54 bits per heavy atom. The first-order chi connectivity index (χ1) is 17.0. The average Bonchev–Trinajstić information content (AvgIpc) is 2.84. The van der Waals surface area contributed by atoms with E-state index in [1.54, 1.807) is 48.5 Å². The molecule has 0 radical (unpaired) electrons. The molecule has 3 aromatic rings. The molecule has 3 rings (SSSR count). The third kappa shape index (κ3) is 7.61. The van der Waals surface area contributed by atoms with E-state index in [1.807, 2.05) is 13.8 Å². The van der Waals surface area contributed by atoms with Crippen LogP contribution in [0.3, 0.4) is 0 Å². The first-order valence-electron chi connectivity index (χ1n) is 12.7. The zero-order valence-electron chi connectivity index (χ0n) is 21.0. The van der Waals surface area contributed by atoms with E-state index in [4.69, 9.17) is 18.6 Å².